The van der Waals surface area contributed by atoms with E-state index in [0.717, 1.165) is 0 Å². The summed E-state index contributed by atoms with van der Waals surface area (Å²) in [5.41, 5.74) is 4.91. The van der Waals surface area contributed by atoms with Crippen molar-refractivity contribution in [3.63, 3.8) is 0 Å². The Morgan fingerprint density at radius 1 is 1.38 bits per heavy atom. The number of rotatable bonds is 6. The first-order chi connectivity index (χ1) is 6.07. The fourth-order valence-electron chi connectivity index (χ4n) is 0.879. The molecule has 0 spiro atoms. The third kappa shape index (κ3) is 6.10. The Balaban J connectivity index is 3.55. The van der Waals surface area contributed by atoms with Crippen LogP contribution in [0.15, 0.2) is 0 Å². The highest BCUT2D eigenvalue weighted by molar-refractivity contribution is 5.77. The number of likely N-dealkylation sites (N-methyl/N-ethyl adjacent to an activating group) is 1. The number of aliphatic hydroxyl groups excluding tert-OH is 1. The van der Waals surface area contributed by atoms with E-state index >= 15 is 0 Å². The van der Waals surface area contributed by atoms with E-state index < -0.39 is 5.91 Å². The zero-order valence-corrected chi connectivity index (χ0v) is 7.82. The summed E-state index contributed by atoms with van der Waals surface area (Å²) in [4.78, 5) is 22.9. The van der Waals surface area contributed by atoms with Gasteiger partial charge in [-0.05, 0) is 6.42 Å². The zero-order valence-electron chi connectivity index (χ0n) is 7.82. The number of primary amides is 1. The Hall–Kier alpha value is -1.10. The van der Waals surface area contributed by atoms with Crippen LogP contribution in [0.25, 0.3) is 0 Å². The first kappa shape index (κ1) is 11.9. The minimum absolute atomic E-state index is 0.0436. The maximum atomic E-state index is 11.2. The highest BCUT2D eigenvalue weighted by Gasteiger charge is 2.07. The molecule has 0 bridgehead atoms. The molecule has 0 fully saturated rings. The number of nitrogens with zero attached hydrogens (tertiary/aromatic N) is 1. The normalized spacial score (nSPS) is 9.69. The van der Waals surface area contributed by atoms with Gasteiger partial charge in [0.05, 0.1) is 6.61 Å². The lowest BCUT2D eigenvalue weighted by Crippen LogP contribution is -2.29. The average molecular weight is 188 g/mol. The van der Waals surface area contributed by atoms with E-state index in [1.54, 1.807) is 7.05 Å². The first-order valence-electron chi connectivity index (χ1n) is 4.21. The van der Waals surface area contributed by atoms with Gasteiger partial charge in [0.25, 0.3) is 0 Å². The van der Waals surface area contributed by atoms with Crippen LogP contribution >= 0.6 is 0 Å². The smallest absolute Gasteiger partial charge is 0.222 e. The lowest BCUT2D eigenvalue weighted by Gasteiger charge is -2.14. The van der Waals surface area contributed by atoms with Crippen molar-refractivity contribution in [3.8, 4) is 0 Å². The van der Waals surface area contributed by atoms with Crippen molar-refractivity contribution in [2.75, 3.05) is 20.2 Å². The molecule has 13 heavy (non-hydrogen) atoms. The molecule has 2 amide bonds. The zero-order chi connectivity index (χ0) is 10.3. The SMILES string of the molecule is CN(CCO)C(=O)CCCC(N)=O. The summed E-state index contributed by atoms with van der Waals surface area (Å²) in [5, 5.41) is 8.53. The standard InChI is InChI=1S/C8H16N2O3/c1-10(5-6-11)8(13)4-2-3-7(9)12/h11H,2-6H2,1H3,(H2,9,12). The second kappa shape index (κ2) is 6.42. The van der Waals surface area contributed by atoms with Gasteiger partial charge in [-0.3, -0.25) is 9.59 Å². The van der Waals surface area contributed by atoms with E-state index in [-0.39, 0.29) is 18.9 Å². The highest BCUT2D eigenvalue weighted by Crippen LogP contribution is 1.98. The Morgan fingerprint density at radius 2 is 2.00 bits per heavy atom. The molecule has 0 radical (unpaired) electrons. The van der Waals surface area contributed by atoms with Gasteiger partial charge in [-0.2, -0.15) is 0 Å². The molecule has 0 heterocycles. The van der Waals surface area contributed by atoms with Crippen LogP contribution in [0.4, 0.5) is 0 Å². The monoisotopic (exact) mass is 188 g/mol. The molecular formula is C8H16N2O3. The van der Waals surface area contributed by atoms with Crippen molar-refractivity contribution in [2.45, 2.75) is 19.3 Å². The average Bonchev–Trinajstić information content (AvgIpc) is 2.04. The van der Waals surface area contributed by atoms with Crippen LogP contribution in [-0.2, 0) is 9.59 Å². The fraction of sp³-hybridized carbons (Fsp3) is 0.750. The van der Waals surface area contributed by atoms with E-state index in [9.17, 15) is 9.59 Å². The minimum Gasteiger partial charge on any atom is -0.395 e. The van der Waals surface area contributed by atoms with Crippen LogP contribution in [-0.4, -0.2) is 42.0 Å². The quantitative estimate of drug-likeness (QED) is 0.566. The van der Waals surface area contributed by atoms with Gasteiger partial charge < -0.3 is 15.7 Å². The highest BCUT2D eigenvalue weighted by atomic mass is 16.3. The Morgan fingerprint density at radius 3 is 2.46 bits per heavy atom. The molecule has 0 aliphatic carbocycles. The second-order valence-corrected chi connectivity index (χ2v) is 2.86. The molecule has 3 N–H and O–H groups in total. The number of hydrogen-bond donors (Lipinski definition) is 2. The molecule has 0 rings (SSSR count). The van der Waals surface area contributed by atoms with Crippen molar-refractivity contribution < 1.29 is 14.7 Å². The summed E-state index contributed by atoms with van der Waals surface area (Å²) >= 11 is 0. The molecule has 0 saturated heterocycles. The molecule has 0 aromatic rings. The van der Waals surface area contributed by atoms with E-state index in [1.807, 2.05) is 0 Å². The maximum absolute atomic E-state index is 11.2. The molecule has 0 atom stereocenters. The number of carbonyl (C=O) groups is 2. The predicted molar refractivity (Wildman–Crippen MR) is 47.8 cm³/mol. The summed E-state index contributed by atoms with van der Waals surface area (Å²) in [6.07, 6.45) is 1.02. The molecule has 0 saturated carbocycles. The van der Waals surface area contributed by atoms with Crippen molar-refractivity contribution in [2.24, 2.45) is 5.73 Å². The van der Waals surface area contributed by atoms with Crippen molar-refractivity contribution in [1.82, 2.24) is 4.90 Å². The van der Waals surface area contributed by atoms with E-state index in [0.29, 0.717) is 19.4 Å². The molecule has 0 aromatic heterocycles. The number of aliphatic hydroxyl groups is 1. The van der Waals surface area contributed by atoms with E-state index in [1.165, 1.54) is 4.90 Å². The van der Waals surface area contributed by atoms with E-state index in [4.69, 9.17) is 10.8 Å². The van der Waals surface area contributed by atoms with Crippen molar-refractivity contribution >= 4 is 11.8 Å². The van der Waals surface area contributed by atoms with Crippen molar-refractivity contribution in [1.29, 1.82) is 0 Å². The van der Waals surface area contributed by atoms with Crippen LogP contribution in [0.3, 0.4) is 0 Å². The van der Waals surface area contributed by atoms with Gasteiger partial charge in [0, 0.05) is 26.4 Å². The Kier molecular flexibility index (Phi) is 5.88. The van der Waals surface area contributed by atoms with Gasteiger partial charge in [-0.1, -0.05) is 0 Å². The molecule has 5 nitrogen and oxygen atoms in total. The molecule has 0 aromatic carbocycles. The minimum atomic E-state index is -0.391. The Labute approximate surface area is 77.5 Å². The van der Waals surface area contributed by atoms with Crippen LogP contribution in [0.5, 0.6) is 0 Å². The van der Waals surface area contributed by atoms with Gasteiger partial charge in [0.2, 0.25) is 11.8 Å². The first-order valence-corrected chi connectivity index (χ1v) is 4.21. The van der Waals surface area contributed by atoms with Gasteiger partial charge in [0.15, 0.2) is 0 Å². The van der Waals surface area contributed by atoms with Crippen LogP contribution in [0.1, 0.15) is 19.3 Å². The van der Waals surface area contributed by atoms with Crippen molar-refractivity contribution in [3.05, 3.63) is 0 Å². The number of carbonyl (C=O) groups excluding carboxylic acids is 2. The largest absolute Gasteiger partial charge is 0.395 e. The summed E-state index contributed by atoms with van der Waals surface area (Å²) in [6, 6.07) is 0. The summed E-state index contributed by atoms with van der Waals surface area (Å²) < 4.78 is 0. The van der Waals surface area contributed by atoms with Crippen LogP contribution in [0.2, 0.25) is 0 Å². The lowest BCUT2D eigenvalue weighted by atomic mass is 10.2. The maximum Gasteiger partial charge on any atom is 0.222 e. The Bertz CT molecular complexity index is 182. The molecule has 0 aliphatic rings. The molecule has 0 aliphatic heterocycles. The molecule has 0 unspecified atom stereocenters. The summed E-state index contributed by atoms with van der Waals surface area (Å²) in [7, 11) is 1.61. The number of hydrogen-bond acceptors (Lipinski definition) is 3. The molecule has 5 heteroatoms. The third-order valence-electron chi connectivity index (χ3n) is 1.67. The summed E-state index contributed by atoms with van der Waals surface area (Å²) in [5.74, 6) is -0.465. The lowest BCUT2D eigenvalue weighted by molar-refractivity contribution is -0.130. The topological polar surface area (TPSA) is 83.6 Å². The fourth-order valence-corrected chi connectivity index (χ4v) is 0.879. The van der Waals surface area contributed by atoms with Crippen LogP contribution < -0.4 is 5.73 Å². The number of amides is 2. The van der Waals surface area contributed by atoms with Gasteiger partial charge in [0.1, 0.15) is 0 Å². The van der Waals surface area contributed by atoms with Gasteiger partial charge in [-0.25, -0.2) is 0 Å². The number of nitrogens with two attached hydrogens (primary N) is 1. The van der Waals surface area contributed by atoms with Gasteiger partial charge in [-0.15, -0.1) is 0 Å². The molecular weight excluding hydrogens is 172 g/mol. The van der Waals surface area contributed by atoms with Gasteiger partial charge >= 0.3 is 0 Å². The molecule has 76 valence electrons. The summed E-state index contributed by atoms with van der Waals surface area (Å²) in [6.45, 7) is 0.285. The van der Waals surface area contributed by atoms with Crippen LogP contribution in [0, 0.1) is 0 Å². The third-order valence-corrected chi connectivity index (χ3v) is 1.67. The van der Waals surface area contributed by atoms with E-state index in [2.05, 4.69) is 0 Å². The second-order valence-electron chi connectivity index (χ2n) is 2.86. The predicted octanol–water partition coefficient (Wildman–Crippen LogP) is -0.907.